The van der Waals surface area contributed by atoms with Crippen LogP contribution in [0.3, 0.4) is 0 Å². The molecule has 23 heavy (non-hydrogen) atoms. The first-order chi connectivity index (χ1) is 11.3. The van der Waals surface area contributed by atoms with Crippen LogP contribution in [0.15, 0.2) is 24.3 Å². The highest BCUT2D eigenvalue weighted by molar-refractivity contribution is 5.82. The predicted octanol–water partition coefficient (Wildman–Crippen LogP) is 1.92. The minimum Gasteiger partial charge on any atom is -0.495 e. The second-order valence-corrected chi connectivity index (χ2v) is 6.44. The Hall–Kier alpha value is -1.75. The number of hydrogen-bond donors (Lipinski definition) is 2. The van der Waals surface area contributed by atoms with E-state index in [-0.39, 0.29) is 18.0 Å². The summed E-state index contributed by atoms with van der Waals surface area (Å²) in [5.74, 6) is 1.10. The number of nitrogens with one attached hydrogen (secondary N) is 2. The smallest absolute Gasteiger partial charge is 0.237 e. The summed E-state index contributed by atoms with van der Waals surface area (Å²) in [6.45, 7) is 2.86. The molecule has 0 spiro atoms. The van der Waals surface area contributed by atoms with Gasteiger partial charge in [-0.2, -0.15) is 0 Å². The predicted molar refractivity (Wildman–Crippen MR) is 92.0 cm³/mol. The molecule has 3 rings (SSSR count). The van der Waals surface area contributed by atoms with Crippen molar-refractivity contribution in [3.63, 3.8) is 0 Å². The SMILES string of the molecule is COc1ccccc1N1CCC(NC(=O)[C@H]2CCCCN2)CC1. The molecule has 2 saturated heterocycles. The summed E-state index contributed by atoms with van der Waals surface area (Å²) in [5, 5.41) is 6.55. The highest BCUT2D eigenvalue weighted by atomic mass is 16.5. The molecule has 2 fully saturated rings. The lowest BCUT2D eigenvalue weighted by Gasteiger charge is -2.35. The van der Waals surface area contributed by atoms with Crippen LogP contribution < -0.4 is 20.3 Å². The maximum Gasteiger partial charge on any atom is 0.237 e. The Morgan fingerprint density at radius 1 is 1.22 bits per heavy atom. The Kier molecular flexibility index (Phi) is 5.39. The van der Waals surface area contributed by atoms with Gasteiger partial charge in [0, 0.05) is 19.1 Å². The lowest BCUT2D eigenvalue weighted by Crippen LogP contribution is -2.52. The van der Waals surface area contributed by atoms with Gasteiger partial charge in [0.15, 0.2) is 0 Å². The van der Waals surface area contributed by atoms with Crippen molar-refractivity contribution in [2.24, 2.45) is 0 Å². The van der Waals surface area contributed by atoms with Gasteiger partial charge in [-0.3, -0.25) is 4.79 Å². The van der Waals surface area contributed by atoms with Crippen molar-refractivity contribution in [2.45, 2.75) is 44.2 Å². The van der Waals surface area contributed by atoms with E-state index in [0.29, 0.717) is 0 Å². The van der Waals surface area contributed by atoms with Crippen LogP contribution in [0.2, 0.25) is 0 Å². The molecule has 1 atom stereocenters. The van der Waals surface area contributed by atoms with Crippen molar-refractivity contribution in [1.29, 1.82) is 0 Å². The number of hydrogen-bond acceptors (Lipinski definition) is 4. The van der Waals surface area contributed by atoms with Crippen LogP contribution in [0, 0.1) is 0 Å². The van der Waals surface area contributed by atoms with Crippen molar-refractivity contribution in [2.75, 3.05) is 31.6 Å². The number of rotatable bonds is 4. The van der Waals surface area contributed by atoms with Gasteiger partial charge in [-0.15, -0.1) is 0 Å². The van der Waals surface area contributed by atoms with Crippen LogP contribution in [-0.4, -0.2) is 44.7 Å². The molecule has 5 heteroatoms. The Bertz CT molecular complexity index is 521. The van der Waals surface area contributed by atoms with Crippen LogP contribution in [-0.2, 0) is 4.79 Å². The summed E-state index contributed by atoms with van der Waals surface area (Å²) in [7, 11) is 1.71. The Morgan fingerprint density at radius 2 is 2.00 bits per heavy atom. The third-order valence-corrected chi connectivity index (χ3v) is 4.89. The first kappa shape index (κ1) is 16.1. The Labute approximate surface area is 138 Å². The number of nitrogens with zero attached hydrogens (tertiary/aromatic N) is 1. The van der Waals surface area contributed by atoms with Gasteiger partial charge in [0.2, 0.25) is 5.91 Å². The summed E-state index contributed by atoms with van der Waals surface area (Å²) in [6.07, 6.45) is 5.26. The van der Waals surface area contributed by atoms with Crippen molar-refractivity contribution in [3.05, 3.63) is 24.3 Å². The number of carbonyl (C=O) groups is 1. The molecule has 0 aromatic heterocycles. The molecule has 0 aliphatic carbocycles. The fourth-order valence-corrected chi connectivity index (χ4v) is 3.53. The van der Waals surface area contributed by atoms with Crippen molar-refractivity contribution in [3.8, 4) is 5.75 Å². The molecule has 1 aromatic carbocycles. The van der Waals surface area contributed by atoms with Crippen molar-refractivity contribution >= 4 is 11.6 Å². The van der Waals surface area contributed by atoms with Crippen LogP contribution >= 0.6 is 0 Å². The van der Waals surface area contributed by atoms with Gasteiger partial charge in [0.25, 0.3) is 0 Å². The third-order valence-electron chi connectivity index (χ3n) is 4.89. The van der Waals surface area contributed by atoms with E-state index in [4.69, 9.17) is 4.74 Å². The van der Waals surface area contributed by atoms with Crippen molar-refractivity contribution in [1.82, 2.24) is 10.6 Å². The average Bonchev–Trinajstić information content (AvgIpc) is 2.63. The summed E-state index contributed by atoms with van der Waals surface area (Å²) >= 11 is 0. The monoisotopic (exact) mass is 317 g/mol. The van der Waals surface area contributed by atoms with Crippen LogP contribution in [0.4, 0.5) is 5.69 Å². The van der Waals surface area contributed by atoms with Crippen molar-refractivity contribution < 1.29 is 9.53 Å². The zero-order chi connectivity index (χ0) is 16.1. The Balaban J connectivity index is 1.51. The van der Waals surface area contributed by atoms with E-state index in [2.05, 4.69) is 21.6 Å². The highest BCUT2D eigenvalue weighted by Gasteiger charge is 2.26. The normalized spacial score (nSPS) is 22.7. The van der Waals surface area contributed by atoms with E-state index in [0.717, 1.165) is 56.8 Å². The number of amides is 1. The zero-order valence-electron chi connectivity index (χ0n) is 13.9. The molecule has 2 N–H and O–H groups in total. The van der Waals surface area contributed by atoms with Gasteiger partial charge in [-0.1, -0.05) is 18.6 Å². The van der Waals surface area contributed by atoms with Crippen LogP contribution in [0.25, 0.3) is 0 Å². The number of ether oxygens (including phenoxy) is 1. The molecule has 2 heterocycles. The number of methoxy groups -OCH3 is 1. The minimum absolute atomic E-state index is 0.0102. The first-order valence-electron chi connectivity index (χ1n) is 8.69. The standard InChI is InChI=1S/C18H27N3O2/c1-23-17-8-3-2-7-16(17)21-12-9-14(10-13-21)20-18(22)15-6-4-5-11-19-15/h2-3,7-8,14-15,19H,4-6,9-13H2,1H3,(H,20,22)/t15-/m1/s1. The molecule has 0 saturated carbocycles. The molecule has 1 amide bonds. The molecule has 0 unspecified atom stereocenters. The Morgan fingerprint density at radius 3 is 2.70 bits per heavy atom. The molecule has 2 aliphatic rings. The fourth-order valence-electron chi connectivity index (χ4n) is 3.53. The number of benzene rings is 1. The highest BCUT2D eigenvalue weighted by Crippen LogP contribution is 2.29. The van der Waals surface area contributed by atoms with Gasteiger partial charge >= 0.3 is 0 Å². The second-order valence-electron chi connectivity index (χ2n) is 6.44. The fraction of sp³-hybridized carbons (Fsp3) is 0.611. The first-order valence-corrected chi connectivity index (χ1v) is 8.69. The number of carbonyl (C=O) groups excluding carboxylic acids is 1. The zero-order valence-corrected chi connectivity index (χ0v) is 13.9. The summed E-state index contributed by atoms with van der Waals surface area (Å²) in [6, 6.07) is 8.43. The molecule has 5 nitrogen and oxygen atoms in total. The molecule has 2 aliphatic heterocycles. The van der Waals surface area contributed by atoms with E-state index in [9.17, 15) is 4.79 Å². The van der Waals surface area contributed by atoms with E-state index in [1.165, 1.54) is 6.42 Å². The van der Waals surface area contributed by atoms with E-state index in [1.807, 2.05) is 18.2 Å². The number of anilines is 1. The van der Waals surface area contributed by atoms with E-state index < -0.39 is 0 Å². The van der Waals surface area contributed by atoms with Crippen LogP contribution in [0.1, 0.15) is 32.1 Å². The molecular formula is C18H27N3O2. The van der Waals surface area contributed by atoms with E-state index >= 15 is 0 Å². The van der Waals surface area contributed by atoms with E-state index in [1.54, 1.807) is 7.11 Å². The largest absolute Gasteiger partial charge is 0.495 e. The maximum absolute atomic E-state index is 12.3. The lowest BCUT2D eigenvalue weighted by molar-refractivity contribution is -0.124. The maximum atomic E-state index is 12.3. The molecule has 0 radical (unpaired) electrons. The number of piperidine rings is 2. The van der Waals surface area contributed by atoms with Gasteiger partial charge in [0.05, 0.1) is 18.8 Å². The van der Waals surface area contributed by atoms with Crippen LogP contribution in [0.5, 0.6) is 5.75 Å². The van der Waals surface area contributed by atoms with Gasteiger partial charge in [-0.25, -0.2) is 0 Å². The van der Waals surface area contributed by atoms with Gasteiger partial charge in [0.1, 0.15) is 5.75 Å². The summed E-state index contributed by atoms with van der Waals surface area (Å²) in [5.41, 5.74) is 1.15. The third kappa shape index (κ3) is 3.96. The quantitative estimate of drug-likeness (QED) is 0.891. The average molecular weight is 317 g/mol. The molecule has 0 bridgehead atoms. The molecule has 126 valence electrons. The molecular weight excluding hydrogens is 290 g/mol. The topological polar surface area (TPSA) is 53.6 Å². The molecule has 1 aromatic rings. The van der Waals surface area contributed by atoms with Gasteiger partial charge < -0.3 is 20.3 Å². The summed E-state index contributed by atoms with van der Waals surface area (Å²) in [4.78, 5) is 14.7. The van der Waals surface area contributed by atoms with Gasteiger partial charge in [-0.05, 0) is 44.4 Å². The summed E-state index contributed by atoms with van der Waals surface area (Å²) < 4.78 is 5.45. The second kappa shape index (κ2) is 7.68. The number of para-hydroxylation sites is 2. The minimum atomic E-state index is 0.0102. The lowest BCUT2D eigenvalue weighted by atomic mass is 10.0.